The molecule has 0 radical (unpaired) electrons. The normalized spacial score (nSPS) is 19.4. The van der Waals surface area contributed by atoms with Crippen LogP contribution < -0.4 is 4.74 Å². The Bertz CT molecular complexity index is 767. The molecule has 4 heteroatoms. The number of nitrogens with zero attached hydrogens (tertiary/aromatic N) is 1. The molecule has 2 aliphatic rings. The predicted octanol–water partition coefficient (Wildman–Crippen LogP) is 4.16. The molecule has 2 aromatic rings. The Kier molecular flexibility index (Phi) is 3.97. The Morgan fingerprint density at radius 3 is 2.92 bits per heavy atom. The highest BCUT2D eigenvalue weighted by Gasteiger charge is 2.27. The number of aromatic carboxylic acids is 1. The van der Waals surface area contributed by atoms with Crippen LogP contribution in [0.5, 0.6) is 5.75 Å². The summed E-state index contributed by atoms with van der Waals surface area (Å²) in [5, 5.41) is 9.30. The number of hydrogen-bond acceptors (Lipinski definition) is 3. The maximum atomic E-state index is 11.3. The van der Waals surface area contributed by atoms with Gasteiger partial charge in [0.15, 0.2) is 0 Å². The predicted molar refractivity (Wildman–Crippen MR) is 90.8 cm³/mol. The van der Waals surface area contributed by atoms with Crippen LogP contribution in [0.15, 0.2) is 36.7 Å². The molecule has 124 valence electrons. The second kappa shape index (κ2) is 6.27. The first-order valence-corrected chi connectivity index (χ1v) is 8.65. The Balaban J connectivity index is 1.51. The lowest BCUT2D eigenvalue weighted by Crippen LogP contribution is -2.15. The van der Waals surface area contributed by atoms with E-state index in [2.05, 4.69) is 23.2 Å². The minimum Gasteiger partial charge on any atom is -0.493 e. The van der Waals surface area contributed by atoms with Crippen LogP contribution in [0.4, 0.5) is 0 Å². The number of aromatic nitrogens is 1. The van der Waals surface area contributed by atoms with Crippen molar-refractivity contribution in [2.45, 2.75) is 43.9 Å². The summed E-state index contributed by atoms with van der Waals surface area (Å²) in [5.74, 6) is 1.30. The van der Waals surface area contributed by atoms with Gasteiger partial charge in [0.2, 0.25) is 0 Å². The van der Waals surface area contributed by atoms with E-state index in [9.17, 15) is 9.90 Å². The number of hydrogen-bond donors (Lipinski definition) is 1. The van der Waals surface area contributed by atoms with Crippen molar-refractivity contribution < 1.29 is 14.6 Å². The molecule has 4 nitrogen and oxygen atoms in total. The molecule has 1 aromatic carbocycles. The third-order valence-electron chi connectivity index (χ3n) is 5.15. The van der Waals surface area contributed by atoms with Crippen molar-refractivity contribution in [3.63, 3.8) is 0 Å². The molecule has 0 bridgehead atoms. The molecule has 0 saturated heterocycles. The van der Waals surface area contributed by atoms with E-state index in [0.717, 1.165) is 43.1 Å². The Hall–Kier alpha value is -2.36. The fourth-order valence-electron chi connectivity index (χ4n) is 3.62. The Morgan fingerprint density at radius 1 is 1.25 bits per heavy atom. The van der Waals surface area contributed by atoms with E-state index in [1.165, 1.54) is 30.2 Å². The molecule has 24 heavy (non-hydrogen) atoms. The van der Waals surface area contributed by atoms with E-state index in [0.29, 0.717) is 11.5 Å². The van der Waals surface area contributed by atoms with Crippen molar-refractivity contribution in [3.8, 4) is 5.75 Å². The molecule has 1 atom stereocenters. The van der Waals surface area contributed by atoms with Crippen LogP contribution in [0.25, 0.3) is 0 Å². The summed E-state index contributed by atoms with van der Waals surface area (Å²) < 4.78 is 5.88. The molecule has 1 saturated carbocycles. The number of carbonyl (C=O) groups is 1. The average molecular weight is 323 g/mol. The smallest absolute Gasteiger partial charge is 0.336 e. The maximum absolute atomic E-state index is 11.3. The number of ether oxygens (including phenoxy) is 1. The van der Waals surface area contributed by atoms with Crippen LogP contribution in [-0.2, 0) is 6.42 Å². The molecule has 0 spiro atoms. The standard InChI is InChI=1S/C20H21NO3/c22-20(23)18-7-9-21-12-16(18)4-3-14-8-10-24-19-11-15(13-1-2-13)5-6-17(14)19/h5-7,9,11-14H,1-4,8,10H2,(H,22,23)/t14-/m0/s1. The van der Waals surface area contributed by atoms with Crippen LogP contribution in [0.3, 0.4) is 0 Å². The highest BCUT2D eigenvalue weighted by atomic mass is 16.5. The lowest BCUT2D eigenvalue weighted by molar-refractivity contribution is 0.0695. The molecule has 1 aromatic heterocycles. The summed E-state index contributed by atoms with van der Waals surface area (Å²) >= 11 is 0. The summed E-state index contributed by atoms with van der Waals surface area (Å²) in [7, 11) is 0. The second-order valence-corrected chi connectivity index (χ2v) is 6.78. The van der Waals surface area contributed by atoms with Gasteiger partial charge in [-0.15, -0.1) is 0 Å². The zero-order valence-corrected chi connectivity index (χ0v) is 13.6. The van der Waals surface area contributed by atoms with Gasteiger partial charge in [-0.3, -0.25) is 4.98 Å². The van der Waals surface area contributed by atoms with Gasteiger partial charge in [0, 0.05) is 12.4 Å². The lowest BCUT2D eigenvalue weighted by atomic mass is 9.86. The van der Waals surface area contributed by atoms with Gasteiger partial charge >= 0.3 is 5.97 Å². The van der Waals surface area contributed by atoms with Gasteiger partial charge < -0.3 is 9.84 Å². The van der Waals surface area contributed by atoms with E-state index >= 15 is 0 Å². The van der Waals surface area contributed by atoms with Crippen molar-refractivity contribution in [2.75, 3.05) is 6.61 Å². The fourth-order valence-corrected chi connectivity index (χ4v) is 3.62. The molecule has 0 amide bonds. The third-order valence-corrected chi connectivity index (χ3v) is 5.15. The van der Waals surface area contributed by atoms with Gasteiger partial charge in [-0.25, -0.2) is 4.79 Å². The topological polar surface area (TPSA) is 59.4 Å². The molecule has 1 aliphatic carbocycles. The molecule has 1 fully saturated rings. The van der Waals surface area contributed by atoms with E-state index < -0.39 is 5.97 Å². The SMILES string of the molecule is O=C(O)c1ccncc1CC[C@H]1CCOc2cc(C3CC3)ccc21. The number of carboxylic acids is 1. The van der Waals surface area contributed by atoms with Crippen LogP contribution in [-0.4, -0.2) is 22.7 Å². The summed E-state index contributed by atoms with van der Waals surface area (Å²) in [6.07, 6.45) is 8.44. The van der Waals surface area contributed by atoms with Gasteiger partial charge in [-0.05, 0) is 72.8 Å². The van der Waals surface area contributed by atoms with Crippen molar-refractivity contribution in [1.29, 1.82) is 0 Å². The highest BCUT2D eigenvalue weighted by Crippen LogP contribution is 2.44. The first-order chi connectivity index (χ1) is 11.7. The van der Waals surface area contributed by atoms with E-state index in [1.807, 2.05) is 0 Å². The first kappa shape index (κ1) is 15.2. The summed E-state index contributed by atoms with van der Waals surface area (Å²) in [6.45, 7) is 0.741. The van der Waals surface area contributed by atoms with Crippen molar-refractivity contribution in [1.82, 2.24) is 4.98 Å². The number of fused-ring (bicyclic) bond motifs is 1. The van der Waals surface area contributed by atoms with Gasteiger partial charge in [-0.1, -0.05) is 12.1 Å². The van der Waals surface area contributed by atoms with E-state index in [1.54, 1.807) is 12.3 Å². The van der Waals surface area contributed by atoms with Crippen molar-refractivity contribution >= 4 is 5.97 Å². The number of benzene rings is 1. The zero-order valence-electron chi connectivity index (χ0n) is 13.6. The monoisotopic (exact) mass is 323 g/mol. The van der Waals surface area contributed by atoms with Gasteiger partial charge in [0.25, 0.3) is 0 Å². The summed E-state index contributed by atoms with van der Waals surface area (Å²) in [6, 6.07) is 8.25. The third kappa shape index (κ3) is 3.01. The van der Waals surface area contributed by atoms with Crippen LogP contribution in [0, 0.1) is 0 Å². The van der Waals surface area contributed by atoms with E-state index in [4.69, 9.17) is 4.74 Å². The fraction of sp³-hybridized carbons (Fsp3) is 0.400. The second-order valence-electron chi connectivity index (χ2n) is 6.78. The quantitative estimate of drug-likeness (QED) is 0.897. The Labute approximate surface area is 141 Å². The van der Waals surface area contributed by atoms with Crippen LogP contribution in [0.2, 0.25) is 0 Å². The largest absolute Gasteiger partial charge is 0.493 e. The van der Waals surface area contributed by atoms with Crippen molar-refractivity contribution in [3.05, 3.63) is 58.9 Å². The number of rotatable bonds is 5. The number of carboxylic acid groups (broad SMARTS) is 1. The van der Waals surface area contributed by atoms with Crippen LogP contribution in [0.1, 0.15) is 64.6 Å². The van der Waals surface area contributed by atoms with E-state index in [-0.39, 0.29) is 0 Å². The van der Waals surface area contributed by atoms with Crippen LogP contribution >= 0.6 is 0 Å². The zero-order chi connectivity index (χ0) is 16.5. The summed E-state index contributed by atoms with van der Waals surface area (Å²) in [5.41, 5.74) is 3.84. The Morgan fingerprint density at radius 2 is 2.12 bits per heavy atom. The molecule has 1 N–H and O–H groups in total. The maximum Gasteiger partial charge on any atom is 0.336 e. The minimum absolute atomic E-state index is 0.362. The molecular weight excluding hydrogens is 302 g/mol. The molecule has 2 heterocycles. The highest BCUT2D eigenvalue weighted by molar-refractivity contribution is 5.89. The molecular formula is C20H21NO3. The number of pyridine rings is 1. The van der Waals surface area contributed by atoms with Crippen molar-refractivity contribution in [2.24, 2.45) is 0 Å². The van der Waals surface area contributed by atoms with Gasteiger partial charge in [-0.2, -0.15) is 0 Å². The van der Waals surface area contributed by atoms with Gasteiger partial charge in [0.1, 0.15) is 5.75 Å². The molecule has 4 rings (SSSR count). The summed E-state index contributed by atoms with van der Waals surface area (Å²) in [4.78, 5) is 15.4. The molecule has 1 aliphatic heterocycles. The molecule has 0 unspecified atom stereocenters. The lowest BCUT2D eigenvalue weighted by Gasteiger charge is -2.26. The minimum atomic E-state index is -0.881. The first-order valence-electron chi connectivity index (χ1n) is 8.65. The van der Waals surface area contributed by atoms with Gasteiger partial charge in [0.05, 0.1) is 12.2 Å². The average Bonchev–Trinajstić information content (AvgIpc) is 3.44. The number of aryl methyl sites for hydroxylation is 1.